The maximum atomic E-state index is 13.2. The Morgan fingerprint density at radius 1 is 1.17 bits per heavy atom. The summed E-state index contributed by atoms with van der Waals surface area (Å²) < 4.78 is 24.4. The van der Waals surface area contributed by atoms with Crippen molar-refractivity contribution in [3.8, 4) is 23.4 Å². The van der Waals surface area contributed by atoms with Gasteiger partial charge in [-0.15, -0.1) is 5.10 Å². The Morgan fingerprint density at radius 2 is 1.83 bits per heavy atom. The van der Waals surface area contributed by atoms with E-state index in [1.165, 1.54) is 54.6 Å². The monoisotopic (exact) mass is 532 g/mol. The maximum Gasteiger partial charge on any atom is 0.414 e. The molecule has 0 bridgehead atoms. The molecule has 0 atom stereocenters. The fraction of sp³-hybridized carbons (Fsp3) is 0.0909. The number of carbonyl (C=O) groups excluding carboxylic acids is 2. The van der Waals surface area contributed by atoms with E-state index in [-0.39, 0.29) is 34.0 Å². The number of ether oxygens (including phenoxy) is 2. The zero-order valence-electron chi connectivity index (χ0n) is 18.3. The summed E-state index contributed by atoms with van der Waals surface area (Å²) in [4.78, 5) is 35.4. The minimum atomic E-state index is -1.08. The van der Waals surface area contributed by atoms with Crippen LogP contribution in [0.25, 0.3) is 5.69 Å². The minimum Gasteiger partial charge on any atom is -0.450 e. The topological polar surface area (TPSA) is 148 Å². The van der Waals surface area contributed by atoms with E-state index in [1.54, 1.807) is 6.92 Å². The predicted octanol–water partition coefficient (Wildman–Crippen LogP) is 4.03. The lowest BCUT2D eigenvalue weighted by atomic mass is 10.3. The number of anilines is 1. The van der Waals surface area contributed by atoms with Crippen LogP contribution >= 0.6 is 23.2 Å². The fourth-order valence-corrected chi connectivity index (χ4v) is 3.17. The van der Waals surface area contributed by atoms with Crippen molar-refractivity contribution in [2.75, 3.05) is 12.0 Å². The largest absolute Gasteiger partial charge is 0.450 e. The van der Waals surface area contributed by atoms with Gasteiger partial charge in [0.05, 0.1) is 28.0 Å². The van der Waals surface area contributed by atoms with Crippen molar-refractivity contribution in [1.29, 1.82) is 5.26 Å². The predicted molar refractivity (Wildman–Crippen MR) is 128 cm³/mol. The number of halogens is 3. The van der Waals surface area contributed by atoms with E-state index in [0.29, 0.717) is 5.69 Å². The van der Waals surface area contributed by atoms with Gasteiger partial charge in [0.1, 0.15) is 11.9 Å². The molecule has 14 heteroatoms. The molecule has 0 unspecified atom stereocenters. The summed E-state index contributed by atoms with van der Waals surface area (Å²) in [5, 5.41) is 18.7. The van der Waals surface area contributed by atoms with Crippen molar-refractivity contribution in [3.63, 3.8) is 0 Å². The second-order valence-corrected chi connectivity index (χ2v) is 7.44. The molecule has 3 rings (SSSR count). The molecule has 2 N–H and O–H groups in total. The number of alkyl carbamates (subject to hydrolysis) is 1. The van der Waals surface area contributed by atoms with E-state index in [4.69, 9.17) is 33.2 Å². The highest BCUT2D eigenvalue weighted by molar-refractivity contribution is 6.47. The van der Waals surface area contributed by atoms with Gasteiger partial charge >= 0.3 is 6.09 Å². The second kappa shape index (κ2) is 11.8. The van der Waals surface area contributed by atoms with E-state index in [2.05, 4.69) is 20.4 Å². The number of benzene rings is 2. The van der Waals surface area contributed by atoms with E-state index < -0.39 is 29.1 Å². The molecule has 0 fully saturated rings. The molecular formula is C22H15Cl2FN6O5. The normalized spacial score (nSPS) is 10.8. The highest BCUT2D eigenvalue weighted by Crippen LogP contribution is 2.38. The first-order chi connectivity index (χ1) is 17.2. The standard InChI is InChI=1S/C22H15Cl2FN6O5/c1-2-35-22(34)27-21(33)17(11-26)29-28-13-9-15(23)20(16(24)10-13)36-18-7-8-19(32)31(30-18)14-5-3-12(25)4-6-14/h3-10,28H,2H2,1H3,(H,27,33,34). The van der Waals surface area contributed by atoms with Crippen molar-refractivity contribution in [1.82, 2.24) is 15.1 Å². The number of carbonyl (C=O) groups is 2. The zero-order chi connectivity index (χ0) is 26.2. The SMILES string of the molecule is CCOC(=O)NC(=O)C(C#N)=NNc1cc(Cl)c(Oc2ccc(=O)n(-c3ccc(F)cc3)n2)c(Cl)c1. The van der Waals surface area contributed by atoms with Crippen molar-refractivity contribution < 1.29 is 23.5 Å². The summed E-state index contributed by atoms with van der Waals surface area (Å²) in [7, 11) is 0. The van der Waals surface area contributed by atoms with Crippen molar-refractivity contribution in [2.24, 2.45) is 5.10 Å². The van der Waals surface area contributed by atoms with Gasteiger partial charge in [0, 0.05) is 12.1 Å². The summed E-state index contributed by atoms with van der Waals surface area (Å²) in [6.07, 6.45) is -1.03. The molecule has 0 saturated carbocycles. The molecule has 1 heterocycles. The number of amides is 2. The Hall–Kier alpha value is -4.47. The second-order valence-electron chi connectivity index (χ2n) is 6.63. The average Bonchev–Trinajstić information content (AvgIpc) is 2.83. The summed E-state index contributed by atoms with van der Waals surface area (Å²) in [5.74, 6) is -1.60. The summed E-state index contributed by atoms with van der Waals surface area (Å²) in [6, 6.07) is 11.8. The molecule has 0 aliphatic heterocycles. The van der Waals surface area contributed by atoms with E-state index in [9.17, 15) is 18.8 Å². The molecular weight excluding hydrogens is 518 g/mol. The molecule has 2 amide bonds. The first-order valence-corrected chi connectivity index (χ1v) is 10.7. The van der Waals surface area contributed by atoms with Crippen LogP contribution in [-0.4, -0.2) is 34.1 Å². The molecule has 36 heavy (non-hydrogen) atoms. The van der Waals surface area contributed by atoms with Crippen LogP contribution in [0.2, 0.25) is 10.0 Å². The van der Waals surface area contributed by atoms with Crippen LogP contribution in [-0.2, 0) is 9.53 Å². The summed E-state index contributed by atoms with van der Waals surface area (Å²) in [6.45, 7) is 1.58. The maximum absolute atomic E-state index is 13.2. The van der Waals surface area contributed by atoms with Crippen LogP contribution in [0.4, 0.5) is 14.9 Å². The number of imide groups is 1. The van der Waals surface area contributed by atoms with Gasteiger partial charge in [-0.3, -0.25) is 20.3 Å². The Morgan fingerprint density at radius 3 is 2.44 bits per heavy atom. The third-order valence-electron chi connectivity index (χ3n) is 4.16. The minimum absolute atomic E-state index is 0.00369. The first-order valence-electron chi connectivity index (χ1n) is 9.97. The van der Waals surface area contributed by atoms with Crippen LogP contribution < -0.4 is 21.0 Å². The molecule has 11 nitrogen and oxygen atoms in total. The van der Waals surface area contributed by atoms with Gasteiger partial charge in [-0.2, -0.15) is 15.0 Å². The summed E-state index contributed by atoms with van der Waals surface area (Å²) >= 11 is 12.5. The van der Waals surface area contributed by atoms with Crippen LogP contribution in [0.3, 0.4) is 0 Å². The molecule has 0 aliphatic carbocycles. The van der Waals surface area contributed by atoms with Gasteiger partial charge in [0.15, 0.2) is 5.75 Å². The van der Waals surface area contributed by atoms with Crippen LogP contribution in [0.15, 0.2) is 58.4 Å². The first kappa shape index (κ1) is 26.1. The van der Waals surface area contributed by atoms with E-state index >= 15 is 0 Å². The molecule has 1 aromatic heterocycles. The Kier molecular flexibility index (Phi) is 8.56. The molecule has 0 saturated heterocycles. The lowest BCUT2D eigenvalue weighted by molar-refractivity contribution is -0.114. The van der Waals surface area contributed by atoms with Gasteiger partial charge in [-0.05, 0) is 43.3 Å². The van der Waals surface area contributed by atoms with E-state index in [1.807, 2.05) is 5.32 Å². The Labute approximate surface area is 212 Å². The highest BCUT2D eigenvalue weighted by atomic mass is 35.5. The number of nitrogens with zero attached hydrogens (tertiary/aromatic N) is 4. The molecule has 2 aromatic carbocycles. The quantitative estimate of drug-likeness (QED) is 0.342. The van der Waals surface area contributed by atoms with Gasteiger partial charge in [-0.25, -0.2) is 9.18 Å². The third kappa shape index (κ3) is 6.56. The van der Waals surface area contributed by atoms with Gasteiger partial charge in [-0.1, -0.05) is 23.2 Å². The Balaban J connectivity index is 1.80. The molecule has 0 spiro atoms. The van der Waals surface area contributed by atoms with E-state index in [0.717, 1.165) is 4.68 Å². The van der Waals surface area contributed by atoms with Crippen LogP contribution in [0.5, 0.6) is 11.6 Å². The number of rotatable bonds is 7. The van der Waals surface area contributed by atoms with Crippen molar-refractivity contribution in [2.45, 2.75) is 6.92 Å². The molecule has 0 radical (unpaired) electrons. The van der Waals surface area contributed by atoms with Gasteiger partial charge < -0.3 is 9.47 Å². The number of hydrogen-bond donors (Lipinski definition) is 2. The molecule has 0 aliphatic rings. The smallest absolute Gasteiger partial charge is 0.414 e. The van der Waals surface area contributed by atoms with Crippen LogP contribution in [0.1, 0.15) is 6.92 Å². The molecule has 3 aromatic rings. The van der Waals surface area contributed by atoms with Crippen LogP contribution in [0, 0.1) is 17.1 Å². The highest BCUT2D eigenvalue weighted by Gasteiger charge is 2.17. The lowest BCUT2D eigenvalue weighted by Crippen LogP contribution is -2.36. The number of nitriles is 1. The summed E-state index contributed by atoms with van der Waals surface area (Å²) in [5.41, 5.74) is 1.77. The third-order valence-corrected chi connectivity index (χ3v) is 4.72. The van der Waals surface area contributed by atoms with Gasteiger partial charge in [0.2, 0.25) is 11.6 Å². The van der Waals surface area contributed by atoms with Crippen molar-refractivity contribution in [3.05, 3.63) is 74.7 Å². The number of aromatic nitrogens is 2. The van der Waals surface area contributed by atoms with Gasteiger partial charge in [0.25, 0.3) is 11.5 Å². The average molecular weight is 533 g/mol. The Bertz CT molecular complexity index is 1410. The fourth-order valence-electron chi connectivity index (χ4n) is 2.61. The lowest BCUT2D eigenvalue weighted by Gasteiger charge is -2.12. The molecule has 184 valence electrons. The number of nitrogens with one attached hydrogen (secondary N) is 2. The number of hydrogen-bond acceptors (Lipinski definition) is 9. The zero-order valence-corrected chi connectivity index (χ0v) is 19.8. The van der Waals surface area contributed by atoms with Crippen molar-refractivity contribution >= 4 is 46.6 Å². The number of hydrazone groups is 1.